The molecular weight excluding hydrogens is 675 g/mol. The van der Waals surface area contributed by atoms with Crippen LogP contribution in [-0.4, -0.2) is 46.1 Å². The van der Waals surface area contributed by atoms with Crippen LogP contribution in [0, 0.1) is 46.5 Å². The maximum absolute atomic E-state index is 14.9. The topological polar surface area (TPSA) is 84.0 Å². The maximum atomic E-state index is 14.9. The third-order valence-electron chi connectivity index (χ3n) is 8.75. The first-order valence-corrected chi connectivity index (χ1v) is 15.6. The number of nitrogens with zero attached hydrogens (tertiary/aromatic N) is 8. The fourth-order valence-electron chi connectivity index (χ4n) is 6.52. The Labute approximate surface area is 272 Å². The summed E-state index contributed by atoms with van der Waals surface area (Å²) in [6.45, 7) is 0. The molecule has 6 aromatic rings. The average Bonchev–Trinajstić information content (AvgIpc) is 3.72. The molecule has 0 spiro atoms. The van der Waals surface area contributed by atoms with Gasteiger partial charge in [-0.2, -0.15) is 0 Å². The number of amidine groups is 4. The zero-order chi connectivity index (χ0) is 33.6. The van der Waals surface area contributed by atoms with Gasteiger partial charge in [0.2, 0.25) is 0 Å². The van der Waals surface area contributed by atoms with Crippen LogP contribution in [0.2, 0.25) is 0 Å². The Kier molecular flexibility index (Phi) is 5.43. The minimum atomic E-state index is -2.21. The summed E-state index contributed by atoms with van der Waals surface area (Å²) >= 11 is -2.21. The first kappa shape index (κ1) is 28.2. The van der Waals surface area contributed by atoms with Gasteiger partial charge in [-0.05, 0) is 48.5 Å². The first-order chi connectivity index (χ1) is 23.5. The molecule has 4 aromatic carbocycles. The van der Waals surface area contributed by atoms with Crippen LogP contribution in [0.3, 0.4) is 0 Å². The van der Waals surface area contributed by atoms with Gasteiger partial charge in [-0.25, -0.2) is 65.1 Å². The molecule has 10 rings (SSSR count). The lowest BCUT2D eigenvalue weighted by Gasteiger charge is -2.11. The van der Waals surface area contributed by atoms with E-state index in [2.05, 4.69) is 30.0 Å². The highest BCUT2D eigenvalue weighted by Crippen LogP contribution is 2.41. The molecule has 4 aliphatic heterocycles. The summed E-state index contributed by atoms with van der Waals surface area (Å²) in [5.41, 5.74) is 0.00507. The van der Waals surface area contributed by atoms with Crippen molar-refractivity contribution in [1.82, 2.24) is 7.10 Å². The van der Waals surface area contributed by atoms with Crippen molar-refractivity contribution in [3.8, 4) is 0 Å². The van der Waals surface area contributed by atoms with Crippen LogP contribution in [0.1, 0.15) is 22.3 Å². The van der Waals surface area contributed by atoms with Gasteiger partial charge in [0.05, 0.1) is 0 Å². The van der Waals surface area contributed by atoms with Crippen molar-refractivity contribution in [1.29, 1.82) is 0 Å². The van der Waals surface area contributed by atoms with Gasteiger partial charge in [0, 0.05) is 43.8 Å². The average molecular weight is 684 g/mol. The molecule has 0 unspecified atom stereocenters. The summed E-state index contributed by atoms with van der Waals surface area (Å²) in [6, 6.07) is 6.99. The Balaban J connectivity index is 1.47. The Morgan fingerprint density at radius 2 is 0.653 bits per heavy atom. The monoisotopic (exact) mass is 684 g/mol. The molecule has 8 nitrogen and oxygen atoms in total. The highest BCUT2D eigenvalue weighted by Gasteiger charge is 2.32. The van der Waals surface area contributed by atoms with Crippen LogP contribution in [0.4, 0.5) is 46.8 Å². The van der Waals surface area contributed by atoms with Crippen LogP contribution in [0.5, 0.6) is 0 Å². The van der Waals surface area contributed by atoms with Gasteiger partial charge < -0.3 is 7.10 Å². The molecule has 0 saturated carbocycles. The van der Waals surface area contributed by atoms with Crippen LogP contribution in [-0.2, 0) is 0 Å². The van der Waals surface area contributed by atoms with E-state index in [-0.39, 0.29) is 89.8 Å². The van der Waals surface area contributed by atoms with Crippen LogP contribution < -0.4 is 11.0 Å². The lowest BCUT2D eigenvalue weighted by Crippen LogP contribution is -2.36. The van der Waals surface area contributed by atoms with Gasteiger partial charge in [-0.1, -0.05) is 0 Å². The van der Waals surface area contributed by atoms with E-state index in [1.54, 1.807) is 0 Å². The van der Waals surface area contributed by atoms with E-state index in [1.165, 1.54) is 7.10 Å². The fourth-order valence-corrected chi connectivity index (χ4v) is 8.31. The van der Waals surface area contributed by atoms with Crippen molar-refractivity contribution >= 4 is 72.2 Å². The number of rotatable bonds is 0. The van der Waals surface area contributed by atoms with Gasteiger partial charge in [0.1, 0.15) is 22.6 Å². The minimum absolute atomic E-state index is 0.0162. The van der Waals surface area contributed by atoms with Gasteiger partial charge in [-0.15, -0.1) is 0 Å². The summed E-state index contributed by atoms with van der Waals surface area (Å²) in [4.78, 5) is 27.4. The van der Waals surface area contributed by atoms with E-state index in [0.29, 0.717) is 0 Å². The van der Waals surface area contributed by atoms with E-state index in [9.17, 15) is 35.1 Å². The van der Waals surface area contributed by atoms with E-state index in [4.69, 9.17) is 0 Å². The van der Waals surface area contributed by atoms with Gasteiger partial charge in [0.25, 0.3) is 0 Å². The summed E-state index contributed by atoms with van der Waals surface area (Å²) in [6.07, 6.45) is 0. The predicted molar refractivity (Wildman–Crippen MR) is 162 cm³/mol. The Morgan fingerprint density at radius 1 is 0.347 bits per heavy atom. The largest absolute Gasteiger partial charge is 0.563 e. The van der Waals surface area contributed by atoms with Gasteiger partial charge in [0.15, 0.2) is 69.9 Å². The first-order valence-electron chi connectivity index (χ1n) is 14.3. The molecule has 17 heteroatoms. The molecule has 4 aliphatic rings. The molecule has 49 heavy (non-hydrogen) atoms. The van der Waals surface area contributed by atoms with Crippen molar-refractivity contribution < 1.29 is 35.1 Å². The summed E-state index contributed by atoms with van der Waals surface area (Å²) in [5, 5.41) is 0.127. The van der Waals surface area contributed by atoms with Crippen LogP contribution in [0.25, 0.3) is 21.5 Å². The fraction of sp³-hybridized carbons (Fsp3) is 0. The zero-order valence-corrected chi connectivity index (χ0v) is 25.3. The lowest BCUT2D eigenvalue weighted by molar-refractivity contribution is 0.508. The molecule has 236 valence electrons. The van der Waals surface area contributed by atoms with E-state index < -0.39 is 62.2 Å². The quantitative estimate of drug-likeness (QED) is 0.154. The second kappa shape index (κ2) is 9.43. The smallest absolute Gasteiger partial charge is 0.386 e. The van der Waals surface area contributed by atoms with Crippen molar-refractivity contribution in [2.24, 2.45) is 30.0 Å². The number of aliphatic imine (C=N–C) groups is 4. The maximum Gasteiger partial charge on any atom is 0.563 e. The van der Waals surface area contributed by atoms with Gasteiger partial charge in [-0.3, -0.25) is 0 Å². The molecular formula is C32H9AlF8N8. The number of fused-ring (bicyclic) bond motifs is 14. The molecule has 6 bridgehead atoms. The molecule has 0 amide bonds. The molecule has 0 saturated heterocycles. The standard InChI is InChI=1S/C32H8F8N8.Al.H/c33-17-1-9-10(2-18(17)34)26-41-25(9)45-27-11-3-19(35)20(36)4-12(11)29(42-27)47-31-15-7-23(39)24(40)8-16(15)32(44-31)48-30-14-6-22(38)21(37)5-13(14)28(43-30)46-26;;/h1-8H;;/q-2;+2;. The van der Waals surface area contributed by atoms with Crippen molar-refractivity contribution in [3.63, 3.8) is 0 Å². The zero-order valence-electron chi connectivity index (χ0n) is 23.9. The van der Waals surface area contributed by atoms with Crippen molar-refractivity contribution in [3.05, 3.63) is 128 Å². The highest BCUT2D eigenvalue weighted by atomic mass is 27.1. The summed E-state index contributed by atoms with van der Waals surface area (Å²) < 4.78 is 121. The number of hydrogen-bond donors (Lipinski definition) is 0. The molecule has 0 N–H and O–H groups in total. The van der Waals surface area contributed by atoms with Crippen LogP contribution in [0.15, 0.2) is 78.5 Å². The van der Waals surface area contributed by atoms with Gasteiger partial charge >= 0.3 is 15.7 Å². The Morgan fingerprint density at radius 3 is 1.02 bits per heavy atom. The van der Waals surface area contributed by atoms with E-state index in [1.807, 2.05) is 0 Å². The number of halogens is 8. The third-order valence-corrected chi connectivity index (χ3v) is 10.5. The lowest BCUT2D eigenvalue weighted by atomic mass is 10.1. The Hall–Kier alpha value is -5.79. The molecule has 6 heterocycles. The number of aromatic nitrogens is 2. The van der Waals surface area contributed by atoms with Crippen molar-refractivity contribution in [2.45, 2.75) is 0 Å². The summed E-state index contributed by atoms with van der Waals surface area (Å²) in [5.74, 6) is -10.5. The van der Waals surface area contributed by atoms with E-state index >= 15 is 0 Å². The molecule has 0 radical (unpaired) electrons. The van der Waals surface area contributed by atoms with Crippen molar-refractivity contribution in [2.75, 3.05) is 0 Å². The molecule has 0 fully saturated rings. The minimum Gasteiger partial charge on any atom is -0.386 e. The third kappa shape index (κ3) is 3.79. The molecule has 2 aromatic heterocycles. The Bertz CT molecular complexity index is 2710. The van der Waals surface area contributed by atoms with Crippen LogP contribution >= 0.6 is 0 Å². The molecule has 0 aliphatic carbocycles. The SMILES string of the molecule is Fc1cc2c(cc1F)C1=Nc3c4cc(F)c(F)cc4c4[n]3[AlH][n]3c(c5cc(F)c(F)cc5c3=NC3=NC(=N4)c4cc(F)c(F)cc43)=NC2=N1. The second-order valence-electron chi connectivity index (χ2n) is 11.5. The number of hydrogen-bond acceptors (Lipinski definition) is 6. The molecule has 0 atom stereocenters. The van der Waals surface area contributed by atoms with E-state index in [0.717, 1.165) is 48.5 Å². The predicted octanol–water partition coefficient (Wildman–Crippen LogP) is 5.32. The highest BCUT2D eigenvalue weighted by molar-refractivity contribution is 6.37. The summed E-state index contributed by atoms with van der Waals surface area (Å²) in [7, 11) is 0. The normalized spacial score (nSPS) is 15.1. The second-order valence-corrected chi connectivity index (χ2v) is 13.1. The number of benzene rings is 4.